The highest BCUT2D eigenvalue weighted by molar-refractivity contribution is 5.37. The summed E-state index contributed by atoms with van der Waals surface area (Å²) in [6.07, 6.45) is 2.90. The van der Waals surface area contributed by atoms with Crippen molar-refractivity contribution in [2.45, 2.75) is 134 Å². The summed E-state index contributed by atoms with van der Waals surface area (Å²) in [5.41, 5.74) is 4.46. The van der Waals surface area contributed by atoms with Crippen LogP contribution >= 0.6 is 0 Å². The molecule has 0 N–H and O–H groups in total. The molecule has 0 radical (unpaired) electrons. The SMILES string of the molecule is CC.CC.CC(C)(C)C1CCC1C(C)(C)C.CC(C)(C)c1ccccc1C(C)(C)C. The van der Waals surface area contributed by atoms with Gasteiger partial charge >= 0.3 is 0 Å². The molecule has 0 heterocycles. The first-order valence-electron chi connectivity index (χ1n) is 12.6. The number of benzene rings is 1. The molecule has 0 amide bonds. The van der Waals surface area contributed by atoms with Gasteiger partial charge in [-0.3, -0.25) is 0 Å². The zero-order valence-electron chi connectivity index (χ0n) is 23.9. The van der Waals surface area contributed by atoms with E-state index in [1.165, 1.54) is 24.0 Å². The Balaban J connectivity index is 0. The fourth-order valence-corrected chi connectivity index (χ4v) is 4.36. The molecular formula is C30H58. The molecule has 0 aromatic heterocycles. The predicted octanol–water partition coefficient (Wildman–Crippen LogP) is 10.4. The van der Waals surface area contributed by atoms with E-state index in [1.807, 2.05) is 27.7 Å². The molecule has 0 heteroatoms. The van der Waals surface area contributed by atoms with Crippen LogP contribution in [0.25, 0.3) is 0 Å². The second kappa shape index (κ2) is 12.3. The minimum absolute atomic E-state index is 0.240. The van der Waals surface area contributed by atoms with Gasteiger partial charge in [-0.25, -0.2) is 0 Å². The van der Waals surface area contributed by atoms with Crippen molar-refractivity contribution in [3.8, 4) is 0 Å². The summed E-state index contributed by atoms with van der Waals surface area (Å²) in [4.78, 5) is 0. The Morgan fingerprint density at radius 1 is 0.500 bits per heavy atom. The van der Waals surface area contributed by atoms with Crippen LogP contribution in [0.1, 0.15) is 135 Å². The summed E-state index contributed by atoms with van der Waals surface area (Å²) >= 11 is 0. The van der Waals surface area contributed by atoms with Crippen molar-refractivity contribution < 1.29 is 0 Å². The first-order chi connectivity index (χ1) is 13.5. The van der Waals surface area contributed by atoms with Crippen LogP contribution < -0.4 is 0 Å². The van der Waals surface area contributed by atoms with Gasteiger partial charge in [0.05, 0.1) is 0 Å². The smallest absolute Gasteiger partial charge is 0.0129 e. The lowest BCUT2D eigenvalue weighted by Crippen LogP contribution is -2.43. The van der Waals surface area contributed by atoms with Gasteiger partial charge in [-0.1, -0.05) is 135 Å². The highest BCUT2D eigenvalue weighted by atomic mass is 14.5. The third-order valence-electron chi connectivity index (χ3n) is 6.04. The Hall–Kier alpha value is -0.780. The summed E-state index contributed by atoms with van der Waals surface area (Å²) in [7, 11) is 0. The second-order valence-corrected chi connectivity index (χ2v) is 12.6. The molecule has 2 atom stereocenters. The van der Waals surface area contributed by atoms with E-state index >= 15 is 0 Å². The molecule has 0 saturated heterocycles. The Labute approximate surface area is 192 Å². The van der Waals surface area contributed by atoms with Gasteiger partial charge in [-0.05, 0) is 57.5 Å². The van der Waals surface area contributed by atoms with E-state index in [0.717, 1.165) is 11.8 Å². The van der Waals surface area contributed by atoms with Gasteiger partial charge in [-0.2, -0.15) is 0 Å². The van der Waals surface area contributed by atoms with Crippen LogP contribution in [0.2, 0.25) is 0 Å². The van der Waals surface area contributed by atoms with Crippen molar-refractivity contribution >= 4 is 0 Å². The lowest BCUT2D eigenvalue weighted by Gasteiger charge is -2.51. The summed E-state index contributed by atoms with van der Waals surface area (Å²) in [6, 6.07) is 8.77. The summed E-state index contributed by atoms with van der Waals surface area (Å²) in [5.74, 6) is 1.91. The largest absolute Gasteiger partial charge is 0.0683 e. The number of hydrogen-bond donors (Lipinski definition) is 0. The molecule has 0 spiro atoms. The van der Waals surface area contributed by atoms with Crippen LogP contribution in [-0.4, -0.2) is 0 Å². The first-order valence-corrected chi connectivity index (χ1v) is 12.6. The molecule has 1 aliphatic rings. The Kier molecular flexibility index (Phi) is 12.9. The molecule has 0 nitrogen and oxygen atoms in total. The lowest BCUT2D eigenvalue weighted by molar-refractivity contribution is -0.0163. The molecule has 1 aromatic rings. The standard InChI is InChI=1S/C14H22.C12H24.2C2H6/c1-13(2,3)11-9-7-8-10-12(11)14(4,5)6;1-11(2,3)9-7-8-10(9)12(4,5)6;2*1-2/h7-10H,1-6H3;9-10H,7-8H2,1-6H3;2*1-2H3. The first kappa shape index (κ1) is 31.4. The maximum absolute atomic E-state index is 2.38. The molecule has 2 rings (SSSR count). The fraction of sp³-hybridized carbons (Fsp3) is 0.800. The normalized spacial score (nSPS) is 19.1. The van der Waals surface area contributed by atoms with Gasteiger partial charge in [0.1, 0.15) is 0 Å². The number of hydrogen-bond acceptors (Lipinski definition) is 0. The minimum atomic E-state index is 0.240. The van der Waals surface area contributed by atoms with Crippen LogP contribution in [0.3, 0.4) is 0 Å². The van der Waals surface area contributed by atoms with E-state index in [4.69, 9.17) is 0 Å². The molecular weight excluding hydrogens is 360 g/mol. The van der Waals surface area contributed by atoms with E-state index in [2.05, 4.69) is 107 Å². The average Bonchev–Trinajstić information content (AvgIpc) is 2.53. The van der Waals surface area contributed by atoms with Crippen LogP contribution in [-0.2, 0) is 10.8 Å². The van der Waals surface area contributed by atoms with Gasteiger partial charge in [0, 0.05) is 0 Å². The molecule has 0 aliphatic heterocycles. The second-order valence-electron chi connectivity index (χ2n) is 12.6. The van der Waals surface area contributed by atoms with Gasteiger partial charge < -0.3 is 0 Å². The van der Waals surface area contributed by atoms with Crippen molar-refractivity contribution in [1.82, 2.24) is 0 Å². The maximum atomic E-state index is 2.38. The van der Waals surface area contributed by atoms with Crippen molar-refractivity contribution in [2.24, 2.45) is 22.7 Å². The summed E-state index contributed by atoms with van der Waals surface area (Å²) in [6.45, 7) is 36.0. The van der Waals surface area contributed by atoms with Gasteiger partial charge in [-0.15, -0.1) is 0 Å². The van der Waals surface area contributed by atoms with Gasteiger partial charge in [0.25, 0.3) is 0 Å². The van der Waals surface area contributed by atoms with Crippen molar-refractivity contribution in [3.05, 3.63) is 35.4 Å². The summed E-state index contributed by atoms with van der Waals surface area (Å²) < 4.78 is 0. The molecule has 1 aliphatic carbocycles. The van der Waals surface area contributed by atoms with Crippen LogP contribution in [0.15, 0.2) is 24.3 Å². The van der Waals surface area contributed by atoms with Gasteiger partial charge in [0.15, 0.2) is 0 Å². The number of rotatable bonds is 0. The van der Waals surface area contributed by atoms with E-state index in [-0.39, 0.29) is 10.8 Å². The topological polar surface area (TPSA) is 0 Å². The Morgan fingerprint density at radius 2 is 0.733 bits per heavy atom. The average molecular weight is 419 g/mol. The van der Waals surface area contributed by atoms with E-state index in [0.29, 0.717) is 10.8 Å². The molecule has 1 saturated carbocycles. The quantitative estimate of drug-likeness (QED) is 0.393. The molecule has 178 valence electrons. The van der Waals surface area contributed by atoms with E-state index < -0.39 is 0 Å². The lowest BCUT2D eigenvalue weighted by atomic mass is 9.54. The van der Waals surface area contributed by atoms with Crippen molar-refractivity contribution in [1.29, 1.82) is 0 Å². The highest BCUT2D eigenvalue weighted by Gasteiger charge is 2.44. The van der Waals surface area contributed by atoms with Crippen LogP contribution in [0, 0.1) is 22.7 Å². The fourth-order valence-electron chi connectivity index (χ4n) is 4.36. The Morgan fingerprint density at radius 3 is 0.867 bits per heavy atom. The van der Waals surface area contributed by atoms with Crippen molar-refractivity contribution in [2.75, 3.05) is 0 Å². The highest BCUT2D eigenvalue weighted by Crippen LogP contribution is 2.53. The van der Waals surface area contributed by atoms with Gasteiger partial charge in [0.2, 0.25) is 0 Å². The maximum Gasteiger partial charge on any atom is -0.0129 e. The van der Waals surface area contributed by atoms with Crippen LogP contribution in [0.5, 0.6) is 0 Å². The van der Waals surface area contributed by atoms with Crippen molar-refractivity contribution in [3.63, 3.8) is 0 Å². The molecule has 1 fully saturated rings. The van der Waals surface area contributed by atoms with E-state index in [1.54, 1.807) is 0 Å². The molecule has 2 unspecified atom stereocenters. The minimum Gasteiger partial charge on any atom is -0.0683 e. The summed E-state index contributed by atoms with van der Waals surface area (Å²) in [5, 5.41) is 0. The third kappa shape index (κ3) is 10.0. The third-order valence-corrected chi connectivity index (χ3v) is 6.04. The zero-order chi connectivity index (χ0) is 24.6. The molecule has 1 aromatic carbocycles. The zero-order valence-corrected chi connectivity index (χ0v) is 23.9. The van der Waals surface area contributed by atoms with Crippen LogP contribution in [0.4, 0.5) is 0 Å². The molecule has 0 bridgehead atoms. The predicted molar refractivity (Wildman–Crippen MR) is 142 cm³/mol. The Bertz CT molecular complexity index is 511. The molecule has 30 heavy (non-hydrogen) atoms. The monoisotopic (exact) mass is 418 g/mol. The van der Waals surface area contributed by atoms with E-state index in [9.17, 15) is 0 Å².